The van der Waals surface area contributed by atoms with Crippen LogP contribution in [0.5, 0.6) is 11.5 Å². The molecule has 1 heterocycles. The molecule has 30 heavy (non-hydrogen) atoms. The first-order chi connectivity index (χ1) is 14.3. The smallest absolute Gasteiger partial charge is 0.253 e. The number of nitrogens with zero attached hydrogens (tertiary/aromatic N) is 1. The molecular formula is C23H27FN2O4. The van der Waals surface area contributed by atoms with E-state index in [2.05, 4.69) is 5.32 Å². The van der Waals surface area contributed by atoms with E-state index >= 15 is 0 Å². The lowest BCUT2D eigenvalue weighted by molar-refractivity contribution is -0.125. The maximum atomic E-state index is 13.3. The Bertz CT molecular complexity index is 914. The molecular weight excluding hydrogens is 387 g/mol. The molecule has 1 N–H and O–H groups in total. The number of hydrogen-bond acceptors (Lipinski definition) is 4. The normalized spacial score (nSPS) is 18.4. The molecule has 0 radical (unpaired) electrons. The van der Waals surface area contributed by atoms with Gasteiger partial charge in [-0.3, -0.25) is 9.59 Å². The minimum Gasteiger partial charge on any atom is -0.497 e. The zero-order valence-electron chi connectivity index (χ0n) is 17.6. The maximum Gasteiger partial charge on any atom is 0.253 e. The first kappa shape index (κ1) is 21.6. The second-order valence-corrected chi connectivity index (χ2v) is 7.70. The Kier molecular flexibility index (Phi) is 6.59. The molecule has 7 heteroatoms. The molecule has 2 aromatic carbocycles. The van der Waals surface area contributed by atoms with Crippen LogP contribution in [0.2, 0.25) is 0 Å². The van der Waals surface area contributed by atoms with E-state index in [9.17, 15) is 14.0 Å². The summed E-state index contributed by atoms with van der Waals surface area (Å²) >= 11 is 0. The Morgan fingerprint density at radius 2 is 1.77 bits per heavy atom. The van der Waals surface area contributed by atoms with Crippen molar-refractivity contribution in [3.8, 4) is 11.5 Å². The van der Waals surface area contributed by atoms with Crippen molar-refractivity contribution in [1.29, 1.82) is 0 Å². The van der Waals surface area contributed by atoms with Crippen LogP contribution in [0, 0.1) is 11.7 Å². The van der Waals surface area contributed by atoms with E-state index in [-0.39, 0.29) is 30.3 Å². The average molecular weight is 414 g/mol. The molecule has 2 aromatic rings. The third-order valence-electron chi connectivity index (χ3n) is 5.30. The van der Waals surface area contributed by atoms with Crippen LogP contribution in [0.1, 0.15) is 35.7 Å². The molecule has 6 nitrogen and oxygen atoms in total. The molecule has 0 aliphatic carbocycles. The van der Waals surface area contributed by atoms with Crippen LogP contribution in [-0.4, -0.2) is 50.1 Å². The van der Waals surface area contributed by atoms with Crippen LogP contribution in [0.25, 0.3) is 0 Å². The van der Waals surface area contributed by atoms with Gasteiger partial charge in [0.15, 0.2) is 0 Å². The zero-order valence-corrected chi connectivity index (χ0v) is 17.6. The van der Waals surface area contributed by atoms with Crippen molar-refractivity contribution in [3.05, 3.63) is 59.4 Å². The number of nitrogens with one attached hydrogen (secondary N) is 1. The second kappa shape index (κ2) is 9.15. The SMILES string of the molecule is COc1ccc(OC)c([C@@H]2CN(C(=O)c3ccc(F)cc3)C[C@H]2C(=O)NC(C)C)c1. The topological polar surface area (TPSA) is 67.9 Å². The van der Waals surface area contributed by atoms with E-state index in [0.717, 1.165) is 5.56 Å². The quantitative estimate of drug-likeness (QED) is 0.788. The number of carbonyl (C=O) groups excluding carboxylic acids is 2. The predicted octanol–water partition coefficient (Wildman–Crippen LogP) is 3.22. The summed E-state index contributed by atoms with van der Waals surface area (Å²) in [4.78, 5) is 27.6. The number of hydrogen-bond donors (Lipinski definition) is 1. The molecule has 1 aliphatic heterocycles. The first-order valence-corrected chi connectivity index (χ1v) is 9.91. The summed E-state index contributed by atoms with van der Waals surface area (Å²) in [7, 11) is 3.15. The van der Waals surface area contributed by atoms with Crippen molar-refractivity contribution in [2.24, 2.45) is 5.92 Å². The van der Waals surface area contributed by atoms with Crippen LogP contribution in [0.3, 0.4) is 0 Å². The van der Waals surface area contributed by atoms with Crippen molar-refractivity contribution in [3.63, 3.8) is 0 Å². The van der Waals surface area contributed by atoms with E-state index < -0.39 is 11.7 Å². The fraction of sp³-hybridized carbons (Fsp3) is 0.391. The van der Waals surface area contributed by atoms with Gasteiger partial charge in [-0.1, -0.05) is 0 Å². The Hall–Kier alpha value is -3.09. The number of rotatable bonds is 6. The molecule has 2 amide bonds. The molecule has 160 valence electrons. The van der Waals surface area contributed by atoms with Gasteiger partial charge in [-0.25, -0.2) is 4.39 Å². The summed E-state index contributed by atoms with van der Waals surface area (Å²) in [5.74, 6) is -0.176. The van der Waals surface area contributed by atoms with Gasteiger partial charge in [0.25, 0.3) is 5.91 Å². The summed E-state index contributed by atoms with van der Waals surface area (Å²) in [5.41, 5.74) is 1.20. The minimum atomic E-state index is -0.446. The van der Waals surface area contributed by atoms with Gasteiger partial charge >= 0.3 is 0 Å². The van der Waals surface area contributed by atoms with Gasteiger partial charge < -0.3 is 19.7 Å². The Morgan fingerprint density at radius 3 is 2.37 bits per heavy atom. The number of likely N-dealkylation sites (tertiary alicyclic amines) is 1. The van der Waals surface area contributed by atoms with Gasteiger partial charge in [0.05, 0.1) is 20.1 Å². The first-order valence-electron chi connectivity index (χ1n) is 9.91. The van der Waals surface area contributed by atoms with Crippen LogP contribution in [-0.2, 0) is 4.79 Å². The van der Waals surface area contributed by atoms with E-state index in [1.165, 1.54) is 24.3 Å². The lowest BCUT2D eigenvalue weighted by Gasteiger charge is -2.22. The maximum absolute atomic E-state index is 13.3. The Balaban J connectivity index is 1.96. The van der Waals surface area contributed by atoms with Crippen molar-refractivity contribution in [1.82, 2.24) is 10.2 Å². The van der Waals surface area contributed by atoms with Crippen LogP contribution >= 0.6 is 0 Å². The summed E-state index contributed by atoms with van der Waals surface area (Å²) in [6.45, 7) is 4.40. The molecule has 1 aliphatic rings. The third kappa shape index (κ3) is 4.56. The molecule has 2 atom stereocenters. The highest BCUT2D eigenvalue weighted by Crippen LogP contribution is 2.40. The molecule has 0 spiro atoms. The number of ether oxygens (including phenoxy) is 2. The molecule has 1 saturated heterocycles. The highest BCUT2D eigenvalue weighted by Gasteiger charge is 2.42. The van der Waals surface area contributed by atoms with Gasteiger partial charge in [-0.2, -0.15) is 0 Å². The summed E-state index contributed by atoms with van der Waals surface area (Å²) in [5, 5.41) is 2.96. The van der Waals surface area contributed by atoms with Gasteiger partial charge in [0, 0.05) is 36.2 Å². The second-order valence-electron chi connectivity index (χ2n) is 7.70. The highest BCUT2D eigenvalue weighted by molar-refractivity contribution is 5.95. The van der Waals surface area contributed by atoms with Crippen molar-refractivity contribution >= 4 is 11.8 Å². The average Bonchev–Trinajstić information content (AvgIpc) is 3.18. The standard InChI is InChI=1S/C23H27FN2O4/c1-14(2)25-22(27)20-13-26(23(28)15-5-7-16(24)8-6-15)12-19(20)18-11-17(29-3)9-10-21(18)30-4/h5-11,14,19-20H,12-13H2,1-4H3,(H,25,27)/t19-,20+/m0/s1. The fourth-order valence-corrected chi connectivity index (χ4v) is 3.85. The van der Waals surface area contributed by atoms with Gasteiger partial charge in [-0.05, 0) is 56.3 Å². The number of benzene rings is 2. The molecule has 0 saturated carbocycles. The summed E-state index contributed by atoms with van der Waals surface area (Å²) in [6.07, 6.45) is 0. The Morgan fingerprint density at radius 1 is 1.07 bits per heavy atom. The lowest BCUT2D eigenvalue weighted by atomic mass is 9.87. The van der Waals surface area contributed by atoms with E-state index in [1.807, 2.05) is 19.9 Å². The van der Waals surface area contributed by atoms with Gasteiger partial charge in [0.2, 0.25) is 5.91 Å². The van der Waals surface area contributed by atoms with Gasteiger partial charge in [-0.15, -0.1) is 0 Å². The van der Waals surface area contributed by atoms with E-state index in [4.69, 9.17) is 9.47 Å². The summed E-state index contributed by atoms with van der Waals surface area (Å²) in [6, 6.07) is 10.9. The van der Waals surface area contributed by atoms with Crippen LogP contribution in [0.4, 0.5) is 4.39 Å². The molecule has 3 rings (SSSR count). The zero-order chi connectivity index (χ0) is 21.8. The predicted molar refractivity (Wildman–Crippen MR) is 111 cm³/mol. The Labute approximate surface area is 176 Å². The highest BCUT2D eigenvalue weighted by atomic mass is 19.1. The van der Waals surface area contributed by atoms with Gasteiger partial charge in [0.1, 0.15) is 17.3 Å². The molecule has 1 fully saturated rings. The molecule has 0 aromatic heterocycles. The largest absolute Gasteiger partial charge is 0.497 e. The third-order valence-corrected chi connectivity index (χ3v) is 5.30. The number of methoxy groups -OCH3 is 2. The van der Waals surface area contributed by atoms with Crippen molar-refractivity contribution < 1.29 is 23.5 Å². The number of halogens is 1. The van der Waals surface area contributed by atoms with Crippen LogP contribution in [0.15, 0.2) is 42.5 Å². The fourth-order valence-electron chi connectivity index (χ4n) is 3.85. The van der Waals surface area contributed by atoms with Crippen molar-refractivity contribution in [2.45, 2.75) is 25.8 Å². The minimum absolute atomic E-state index is 0.0211. The summed E-state index contributed by atoms with van der Waals surface area (Å²) < 4.78 is 24.1. The van der Waals surface area contributed by atoms with E-state index in [0.29, 0.717) is 23.6 Å². The van der Waals surface area contributed by atoms with Crippen molar-refractivity contribution in [2.75, 3.05) is 27.3 Å². The van der Waals surface area contributed by atoms with E-state index in [1.54, 1.807) is 31.3 Å². The molecule has 0 bridgehead atoms. The number of carbonyl (C=O) groups is 2. The number of amides is 2. The monoisotopic (exact) mass is 414 g/mol. The lowest BCUT2D eigenvalue weighted by Crippen LogP contribution is -2.39. The molecule has 0 unspecified atom stereocenters. The van der Waals surface area contributed by atoms with Crippen LogP contribution < -0.4 is 14.8 Å².